The van der Waals surface area contributed by atoms with Gasteiger partial charge >= 0.3 is 0 Å². The van der Waals surface area contributed by atoms with E-state index >= 15 is 0 Å². The first kappa shape index (κ1) is 21.8. The van der Waals surface area contributed by atoms with Gasteiger partial charge in [0, 0.05) is 43.4 Å². The number of amides is 1. The largest absolute Gasteiger partial charge is 0.352 e. The lowest BCUT2D eigenvalue weighted by Gasteiger charge is -2.35. The minimum absolute atomic E-state index is 0.0312. The minimum atomic E-state index is -0.737. The molecule has 2 aromatic carbocycles. The maximum absolute atomic E-state index is 13.0. The molecule has 11 nitrogen and oxygen atoms in total. The topological polar surface area (TPSA) is 136 Å². The molecule has 0 unspecified atom stereocenters. The fraction of sp³-hybridized carbons (Fsp3) is 0.227. The molecular formula is C22H20N6O5. The van der Waals surface area contributed by atoms with Crippen LogP contribution in [-0.4, -0.2) is 57.0 Å². The van der Waals surface area contributed by atoms with Crippen molar-refractivity contribution in [1.82, 2.24) is 15.1 Å². The Bertz CT molecular complexity index is 1210. The molecule has 0 saturated carbocycles. The molecule has 0 N–H and O–H groups in total. The minimum Gasteiger partial charge on any atom is -0.352 e. The van der Waals surface area contributed by atoms with E-state index in [-0.39, 0.29) is 11.1 Å². The zero-order valence-corrected chi connectivity index (χ0v) is 17.7. The van der Waals surface area contributed by atoms with E-state index in [4.69, 9.17) is 0 Å². The Kier molecular flexibility index (Phi) is 5.94. The predicted molar refractivity (Wildman–Crippen MR) is 120 cm³/mol. The van der Waals surface area contributed by atoms with E-state index in [1.165, 1.54) is 11.8 Å². The summed E-state index contributed by atoms with van der Waals surface area (Å²) in [6, 6.07) is 15.4. The third kappa shape index (κ3) is 4.47. The van der Waals surface area contributed by atoms with Gasteiger partial charge in [-0.25, -0.2) is 0 Å². The first-order chi connectivity index (χ1) is 15.8. The summed E-state index contributed by atoms with van der Waals surface area (Å²) in [6.07, 6.45) is 0. The Labute approximate surface area is 188 Å². The molecule has 11 heteroatoms. The van der Waals surface area contributed by atoms with Crippen LogP contribution in [0.4, 0.5) is 17.2 Å². The molecule has 0 aliphatic carbocycles. The number of nitro benzene ring substituents is 2. The Balaban J connectivity index is 1.47. The highest BCUT2D eigenvalue weighted by Crippen LogP contribution is 2.29. The first-order valence-corrected chi connectivity index (χ1v) is 10.2. The Morgan fingerprint density at radius 2 is 1.61 bits per heavy atom. The van der Waals surface area contributed by atoms with E-state index in [9.17, 15) is 25.0 Å². The first-order valence-electron chi connectivity index (χ1n) is 10.2. The van der Waals surface area contributed by atoms with Crippen molar-refractivity contribution in [3.8, 4) is 11.3 Å². The lowest BCUT2D eigenvalue weighted by Crippen LogP contribution is -2.49. The van der Waals surface area contributed by atoms with Crippen LogP contribution < -0.4 is 4.90 Å². The van der Waals surface area contributed by atoms with Crippen LogP contribution in [0.3, 0.4) is 0 Å². The molecule has 0 atom stereocenters. The standard InChI is InChI=1S/C22H20N6O5/c1-15-18(13-17(27(30)31)14-20(15)28(32)33)22(29)26-11-9-25(10-12-26)21-8-7-19(23-24-21)16-5-3-2-4-6-16/h2-8,13-14H,9-12H2,1H3. The molecule has 168 valence electrons. The second-order valence-corrected chi connectivity index (χ2v) is 7.57. The SMILES string of the molecule is Cc1c(C(=O)N2CCN(c3ccc(-c4ccccc4)nn3)CC2)cc([N+](=O)[O-])cc1[N+](=O)[O-]. The molecule has 1 aliphatic heterocycles. The summed E-state index contributed by atoms with van der Waals surface area (Å²) >= 11 is 0. The van der Waals surface area contributed by atoms with Crippen LogP contribution in [0.1, 0.15) is 15.9 Å². The van der Waals surface area contributed by atoms with Crippen molar-refractivity contribution in [3.63, 3.8) is 0 Å². The Morgan fingerprint density at radius 3 is 2.18 bits per heavy atom. The lowest BCUT2D eigenvalue weighted by molar-refractivity contribution is -0.394. The number of anilines is 1. The molecule has 1 fully saturated rings. The van der Waals surface area contributed by atoms with Crippen molar-refractivity contribution in [2.24, 2.45) is 0 Å². The molecule has 4 rings (SSSR count). The van der Waals surface area contributed by atoms with Gasteiger partial charge in [-0.3, -0.25) is 25.0 Å². The zero-order chi connectivity index (χ0) is 23.5. The molecule has 0 spiro atoms. The van der Waals surface area contributed by atoms with Gasteiger partial charge in [0.1, 0.15) is 0 Å². The van der Waals surface area contributed by atoms with E-state index in [0.29, 0.717) is 32.0 Å². The summed E-state index contributed by atoms with van der Waals surface area (Å²) in [6.45, 7) is 3.09. The van der Waals surface area contributed by atoms with E-state index in [1.807, 2.05) is 47.4 Å². The summed E-state index contributed by atoms with van der Waals surface area (Å²) in [7, 11) is 0. The summed E-state index contributed by atoms with van der Waals surface area (Å²) in [5, 5.41) is 31.1. The fourth-order valence-corrected chi connectivity index (χ4v) is 3.77. The van der Waals surface area contributed by atoms with Crippen molar-refractivity contribution in [3.05, 3.63) is 86.0 Å². The molecule has 1 aliphatic rings. The average molecular weight is 448 g/mol. The summed E-state index contributed by atoms with van der Waals surface area (Å²) in [5.41, 5.74) is 0.879. The van der Waals surface area contributed by atoms with Gasteiger partial charge in [-0.2, -0.15) is 0 Å². The smallest absolute Gasteiger partial charge is 0.279 e. The number of aromatic nitrogens is 2. The highest BCUT2D eigenvalue weighted by atomic mass is 16.6. The van der Waals surface area contributed by atoms with Crippen molar-refractivity contribution in [2.75, 3.05) is 31.1 Å². The quantitative estimate of drug-likeness (QED) is 0.429. The number of carbonyl (C=O) groups is 1. The van der Waals surface area contributed by atoms with Gasteiger partial charge in [0.2, 0.25) is 0 Å². The highest BCUT2D eigenvalue weighted by molar-refractivity contribution is 5.97. The van der Waals surface area contributed by atoms with E-state index in [2.05, 4.69) is 10.2 Å². The monoisotopic (exact) mass is 448 g/mol. The summed E-state index contributed by atoms with van der Waals surface area (Å²) in [5.74, 6) is 0.216. The van der Waals surface area contributed by atoms with Crippen LogP contribution in [0.15, 0.2) is 54.6 Å². The molecule has 1 amide bonds. The van der Waals surface area contributed by atoms with E-state index < -0.39 is 27.1 Å². The number of nitro groups is 2. The van der Waals surface area contributed by atoms with Crippen molar-refractivity contribution in [2.45, 2.75) is 6.92 Å². The summed E-state index contributed by atoms with van der Waals surface area (Å²) < 4.78 is 0. The maximum atomic E-state index is 13.0. The number of non-ortho nitro benzene ring substituents is 1. The Morgan fingerprint density at radius 1 is 0.909 bits per heavy atom. The molecular weight excluding hydrogens is 428 g/mol. The van der Waals surface area contributed by atoms with Gasteiger partial charge in [0.25, 0.3) is 17.3 Å². The molecule has 1 saturated heterocycles. The van der Waals surface area contributed by atoms with Crippen LogP contribution >= 0.6 is 0 Å². The second-order valence-electron chi connectivity index (χ2n) is 7.57. The average Bonchev–Trinajstić information content (AvgIpc) is 2.84. The Hall–Kier alpha value is -4.41. The molecule has 2 heterocycles. The van der Waals surface area contributed by atoms with E-state index in [1.54, 1.807) is 0 Å². The number of hydrogen-bond donors (Lipinski definition) is 0. The van der Waals surface area contributed by atoms with Crippen LogP contribution in [0.5, 0.6) is 0 Å². The van der Waals surface area contributed by atoms with Gasteiger partial charge in [-0.15, -0.1) is 10.2 Å². The zero-order valence-electron chi connectivity index (χ0n) is 17.7. The third-order valence-corrected chi connectivity index (χ3v) is 5.61. The van der Waals surface area contributed by atoms with E-state index in [0.717, 1.165) is 23.4 Å². The number of rotatable bonds is 5. The third-order valence-electron chi connectivity index (χ3n) is 5.61. The van der Waals surface area contributed by atoms with Gasteiger partial charge in [0.05, 0.1) is 27.2 Å². The highest BCUT2D eigenvalue weighted by Gasteiger charge is 2.29. The van der Waals surface area contributed by atoms with Gasteiger partial charge in [0.15, 0.2) is 5.82 Å². The molecule has 0 radical (unpaired) electrons. The van der Waals surface area contributed by atoms with Crippen LogP contribution in [0.25, 0.3) is 11.3 Å². The van der Waals surface area contributed by atoms with Crippen LogP contribution in [-0.2, 0) is 0 Å². The number of benzene rings is 2. The van der Waals surface area contributed by atoms with Gasteiger partial charge in [-0.1, -0.05) is 30.3 Å². The van der Waals surface area contributed by atoms with Crippen LogP contribution in [0, 0.1) is 27.2 Å². The second kappa shape index (κ2) is 8.99. The van der Waals surface area contributed by atoms with Crippen molar-refractivity contribution >= 4 is 23.1 Å². The number of carbonyl (C=O) groups excluding carboxylic acids is 1. The number of hydrogen-bond acceptors (Lipinski definition) is 8. The van der Waals surface area contributed by atoms with Gasteiger partial charge < -0.3 is 9.80 Å². The predicted octanol–water partition coefficient (Wildman–Crippen LogP) is 3.23. The molecule has 33 heavy (non-hydrogen) atoms. The molecule has 3 aromatic rings. The summed E-state index contributed by atoms with van der Waals surface area (Å²) in [4.78, 5) is 37.6. The number of piperazine rings is 1. The normalized spacial score (nSPS) is 13.6. The fourth-order valence-electron chi connectivity index (χ4n) is 3.77. The van der Waals surface area contributed by atoms with Crippen molar-refractivity contribution < 1.29 is 14.6 Å². The van der Waals surface area contributed by atoms with Gasteiger partial charge in [-0.05, 0) is 19.1 Å². The number of nitrogens with zero attached hydrogens (tertiary/aromatic N) is 6. The van der Waals surface area contributed by atoms with Crippen molar-refractivity contribution in [1.29, 1.82) is 0 Å². The molecule has 0 bridgehead atoms. The van der Waals surface area contributed by atoms with Crippen LogP contribution in [0.2, 0.25) is 0 Å². The molecule has 1 aromatic heterocycles. The maximum Gasteiger partial charge on any atom is 0.279 e. The lowest BCUT2D eigenvalue weighted by atomic mass is 10.0.